The van der Waals surface area contributed by atoms with Gasteiger partial charge in [-0.1, -0.05) is 28.9 Å². The molecule has 1 heterocycles. The molecule has 0 aliphatic heterocycles. The second-order valence-corrected chi connectivity index (χ2v) is 5.63. The maximum Gasteiger partial charge on any atom is 0.312 e. The number of benzene rings is 2. The lowest BCUT2D eigenvalue weighted by molar-refractivity contribution is -0.147. The lowest BCUT2D eigenvalue weighted by Gasteiger charge is -2.09. The van der Waals surface area contributed by atoms with Crippen molar-refractivity contribution in [3.63, 3.8) is 0 Å². The molecule has 0 aliphatic carbocycles. The highest BCUT2D eigenvalue weighted by Crippen LogP contribution is 2.23. The average Bonchev–Trinajstić information content (AvgIpc) is 2.61. The number of nitrogens with zero attached hydrogens (tertiary/aromatic N) is 3. The molecule has 0 fully saturated rings. The SMILES string of the molecule is COc1ccc(Cl)cc1CC(=O)OCn1nnc2ccccc2c1=O. The smallest absolute Gasteiger partial charge is 0.312 e. The fraction of sp³-hybridized carbons (Fsp3) is 0.176. The van der Waals surface area contributed by atoms with Crippen molar-refractivity contribution in [3.05, 3.63) is 63.4 Å². The van der Waals surface area contributed by atoms with E-state index < -0.39 is 5.97 Å². The van der Waals surface area contributed by atoms with Gasteiger partial charge in [-0.2, -0.15) is 4.68 Å². The van der Waals surface area contributed by atoms with E-state index in [2.05, 4.69) is 10.3 Å². The fourth-order valence-electron chi connectivity index (χ4n) is 2.33. The first-order valence-electron chi connectivity index (χ1n) is 7.39. The van der Waals surface area contributed by atoms with Crippen LogP contribution in [0.4, 0.5) is 0 Å². The summed E-state index contributed by atoms with van der Waals surface area (Å²) in [7, 11) is 1.50. The van der Waals surface area contributed by atoms with Gasteiger partial charge in [-0.15, -0.1) is 5.10 Å². The summed E-state index contributed by atoms with van der Waals surface area (Å²) in [5, 5.41) is 8.59. The van der Waals surface area contributed by atoms with Gasteiger partial charge in [-0.05, 0) is 30.3 Å². The van der Waals surface area contributed by atoms with Crippen molar-refractivity contribution in [1.29, 1.82) is 0 Å². The van der Waals surface area contributed by atoms with Crippen molar-refractivity contribution in [2.45, 2.75) is 13.2 Å². The molecular weight excluding hydrogens is 346 g/mol. The minimum Gasteiger partial charge on any atom is -0.496 e. The van der Waals surface area contributed by atoms with Gasteiger partial charge in [0.1, 0.15) is 11.3 Å². The normalized spacial score (nSPS) is 10.6. The Bertz CT molecular complexity index is 987. The van der Waals surface area contributed by atoms with Crippen molar-refractivity contribution in [2.75, 3.05) is 7.11 Å². The first-order valence-corrected chi connectivity index (χ1v) is 7.77. The maximum absolute atomic E-state index is 12.3. The molecule has 3 rings (SSSR count). The largest absolute Gasteiger partial charge is 0.496 e. The number of hydrogen-bond donors (Lipinski definition) is 0. The summed E-state index contributed by atoms with van der Waals surface area (Å²) in [6.07, 6.45) is -0.0422. The summed E-state index contributed by atoms with van der Waals surface area (Å²) in [4.78, 5) is 24.3. The van der Waals surface area contributed by atoms with E-state index in [1.165, 1.54) is 7.11 Å². The molecule has 1 aromatic heterocycles. The zero-order valence-corrected chi connectivity index (χ0v) is 14.1. The molecule has 0 saturated heterocycles. The molecule has 0 saturated carbocycles. The number of hydrogen-bond acceptors (Lipinski definition) is 6. The van der Waals surface area contributed by atoms with Gasteiger partial charge in [0.25, 0.3) is 5.56 Å². The van der Waals surface area contributed by atoms with Crippen LogP contribution in [0.3, 0.4) is 0 Å². The number of carbonyl (C=O) groups excluding carboxylic acids is 1. The number of rotatable bonds is 5. The molecular formula is C17H14ClN3O4. The van der Waals surface area contributed by atoms with E-state index in [1.807, 2.05) is 0 Å². The van der Waals surface area contributed by atoms with Crippen LogP contribution in [-0.2, 0) is 22.7 Å². The summed E-state index contributed by atoms with van der Waals surface area (Å²) >= 11 is 5.94. The van der Waals surface area contributed by atoms with Gasteiger partial charge in [0.05, 0.1) is 18.9 Å². The van der Waals surface area contributed by atoms with Crippen molar-refractivity contribution < 1.29 is 14.3 Å². The Labute approximate surface area is 147 Å². The highest BCUT2D eigenvalue weighted by Gasteiger charge is 2.12. The van der Waals surface area contributed by atoms with Crippen LogP contribution in [0.5, 0.6) is 5.75 Å². The second kappa shape index (κ2) is 7.31. The standard InChI is InChI=1S/C17H14ClN3O4/c1-24-15-7-6-12(18)8-11(15)9-16(22)25-10-21-17(23)13-4-2-3-5-14(13)19-20-21/h2-8H,9-10H2,1H3. The minimum atomic E-state index is -0.539. The average molecular weight is 360 g/mol. The molecule has 128 valence electrons. The first-order chi connectivity index (χ1) is 12.1. The molecule has 0 atom stereocenters. The molecule has 0 bridgehead atoms. The van der Waals surface area contributed by atoms with E-state index in [-0.39, 0.29) is 18.7 Å². The Morgan fingerprint density at radius 1 is 1.24 bits per heavy atom. The third kappa shape index (κ3) is 3.77. The van der Waals surface area contributed by atoms with Gasteiger partial charge in [-0.3, -0.25) is 9.59 Å². The summed E-state index contributed by atoms with van der Waals surface area (Å²) < 4.78 is 11.3. The van der Waals surface area contributed by atoms with Crippen LogP contribution < -0.4 is 10.3 Å². The Morgan fingerprint density at radius 3 is 2.84 bits per heavy atom. The predicted molar refractivity (Wildman–Crippen MR) is 91.6 cm³/mol. The van der Waals surface area contributed by atoms with E-state index in [9.17, 15) is 9.59 Å². The predicted octanol–water partition coefficient (Wildman–Crippen LogP) is 2.20. The molecule has 3 aromatic rings. The van der Waals surface area contributed by atoms with Crippen LogP contribution in [0.25, 0.3) is 10.9 Å². The zero-order chi connectivity index (χ0) is 17.8. The summed E-state index contributed by atoms with van der Waals surface area (Å²) in [6, 6.07) is 11.8. The van der Waals surface area contributed by atoms with E-state index in [4.69, 9.17) is 21.1 Å². The number of ether oxygens (including phenoxy) is 2. The van der Waals surface area contributed by atoms with Gasteiger partial charge in [0.15, 0.2) is 6.73 Å². The molecule has 7 nitrogen and oxygen atoms in total. The summed E-state index contributed by atoms with van der Waals surface area (Å²) in [5.74, 6) is -0.00793. The van der Waals surface area contributed by atoms with Gasteiger partial charge < -0.3 is 9.47 Å². The number of esters is 1. The topological polar surface area (TPSA) is 83.3 Å². The molecule has 8 heteroatoms. The number of fused-ring (bicyclic) bond motifs is 1. The Balaban J connectivity index is 1.72. The fourth-order valence-corrected chi connectivity index (χ4v) is 2.53. The maximum atomic E-state index is 12.3. The molecule has 0 aliphatic rings. The summed E-state index contributed by atoms with van der Waals surface area (Å²) in [5.41, 5.74) is 0.703. The minimum absolute atomic E-state index is 0.0422. The van der Waals surface area contributed by atoms with Crippen LogP contribution >= 0.6 is 11.6 Å². The molecule has 0 spiro atoms. The van der Waals surface area contributed by atoms with Crippen molar-refractivity contribution in [2.24, 2.45) is 0 Å². The lowest BCUT2D eigenvalue weighted by Crippen LogP contribution is -2.27. The zero-order valence-electron chi connectivity index (χ0n) is 13.3. The molecule has 0 unspecified atom stereocenters. The third-order valence-electron chi connectivity index (χ3n) is 3.55. The highest BCUT2D eigenvalue weighted by molar-refractivity contribution is 6.30. The monoisotopic (exact) mass is 359 g/mol. The Kier molecular flexibility index (Phi) is 4.95. The lowest BCUT2D eigenvalue weighted by atomic mass is 10.1. The molecule has 0 radical (unpaired) electrons. The number of aromatic nitrogens is 3. The van der Waals surface area contributed by atoms with Crippen molar-refractivity contribution in [1.82, 2.24) is 15.0 Å². The molecule has 25 heavy (non-hydrogen) atoms. The van der Waals surface area contributed by atoms with Crippen LogP contribution in [0.1, 0.15) is 5.56 Å². The van der Waals surface area contributed by atoms with Gasteiger partial charge in [0.2, 0.25) is 0 Å². The van der Waals surface area contributed by atoms with Crippen LogP contribution in [0, 0.1) is 0 Å². The third-order valence-corrected chi connectivity index (χ3v) is 3.79. The highest BCUT2D eigenvalue weighted by atomic mass is 35.5. The Morgan fingerprint density at radius 2 is 2.04 bits per heavy atom. The van der Waals surface area contributed by atoms with E-state index >= 15 is 0 Å². The van der Waals surface area contributed by atoms with Crippen molar-refractivity contribution >= 4 is 28.5 Å². The first kappa shape index (κ1) is 16.9. The van der Waals surface area contributed by atoms with E-state index in [0.717, 1.165) is 4.68 Å². The van der Waals surface area contributed by atoms with Crippen LogP contribution in [0.2, 0.25) is 5.02 Å². The molecule has 0 amide bonds. The quantitative estimate of drug-likeness (QED) is 0.649. The van der Waals surface area contributed by atoms with E-state index in [1.54, 1.807) is 42.5 Å². The van der Waals surface area contributed by atoms with Gasteiger partial charge in [0, 0.05) is 10.6 Å². The van der Waals surface area contributed by atoms with Gasteiger partial charge in [-0.25, -0.2) is 0 Å². The number of halogens is 1. The van der Waals surface area contributed by atoms with E-state index in [0.29, 0.717) is 27.2 Å². The summed E-state index contributed by atoms with van der Waals surface area (Å²) in [6.45, 7) is -0.321. The van der Waals surface area contributed by atoms with Gasteiger partial charge >= 0.3 is 5.97 Å². The number of methoxy groups -OCH3 is 1. The van der Waals surface area contributed by atoms with Crippen LogP contribution in [0.15, 0.2) is 47.3 Å². The second-order valence-electron chi connectivity index (χ2n) is 5.19. The molecule has 0 N–H and O–H groups in total. The molecule has 2 aromatic carbocycles. The van der Waals surface area contributed by atoms with Crippen LogP contribution in [-0.4, -0.2) is 28.1 Å². The Hall–Kier alpha value is -2.93. The van der Waals surface area contributed by atoms with Crippen molar-refractivity contribution in [3.8, 4) is 5.75 Å². The number of carbonyl (C=O) groups is 1.